The molecule has 1 atom stereocenters. The van der Waals surface area contributed by atoms with Crippen molar-refractivity contribution in [2.75, 3.05) is 7.11 Å². The Kier molecular flexibility index (Phi) is 4.86. The van der Waals surface area contributed by atoms with Gasteiger partial charge in [-0.05, 0) is 41.0 Å². The Bertz CT molecular complexity index is 858. The molecule has 0 aliphatic heterocycles. The van der Waals surface area contributed by atoms with E-state index in [1.165, 1.54) is 12.1 Å². The van der Waals surface area contributed by atoms with Gasteiger partial charge in [0.2, 0.25) is 0 Å². The van der Waals surface area contributed by atoms with Crippen molar-refractivity contribution < 1.29 is 13.9 Å². The lowest BCUT2D eigenvalue weighted by atomic mass is 9.84. The van der Waals surface area contributed by atoms with E-state index in [0.29, 0.717) is 5.56 Å². The summed E-state index contributed by atoms with van der Waals surface area (Å²) in [5, 5.41) is 0. The Hall–Kier alpha value is -2.65. The summed E-state index contributed by atoms with van der Waals surface area (Å²) in [4.78, 5) is 9.91. The molecule has 1 unspecified atom stereocenters. The van der Waals surface area contributed by atoms with Gasteiger partial charge in [0.1, 0.15) is 22.7 Å². The third-order valence-electron chi connectivity index (χ3n) is 4.17. The molecule has 0 aromatic heterocycles. The molecular formula is C21H16ClFO2. The lowest BCUT2D eigenvalue weighted by molar-refractivity contribution is 0.112. The van der Waals surface area contributed by atoms with E-state index in [2.05, 4.69) is 0 Å². The fourth-order valence-electron chi connectivity index (χ4n) is 2.79. The van der Waals surface area contributed by atoms with Crippen LogP contribution in [-0.4, -0.2) is 13.4 Å². The summed E-state index contributed by atoms with van der Waals surface area (Å²) < 4.78 is 18.6. The lowest BCUT2D eigenvalue weighted by Crippen LogP contribution is -2.22. The number of halogens is 2. The Morgan fingerprint density at radius 1 is 0.840 bits per heavy atom. The van der Waals surface area contributed by atoms with E-state index in [1.807, 2.05) is 36.4 Å². The summed E-state index contributed by atoms with van der Waals surface area (Å²) in [6.45, 7) is 0. The fraction of sp³-hybridized carbons (Fsp3) is 0.0952. The fourth-order valence-corrected chi connectivity index (χ4v) is 3.17. The minimum absolute atomic E-state index is 0.325. The molecule has 3 aromatic rings. The van der Waals surface area contributed by atoms with Crippen LogP contribution in [0.1, 0.15) is 27.0 Å². The molecule has 3 rings (SSSR count). The maximum absolute atomic E-state index is 13.4. The van der Waals surface area contributed by atoms with E-state index in [1.54, 1.807) is 31.4 Å². The van der Waals surface area contributed by atoms with Gasteiger partial charge >= 0.3 is 0 Å². The SMILES string of the molecule is COc1ccc(C(Cl)(c2ccc(F)cc2)c2ccc(C=O)cc2)cc1. The predicted molar refractivity (Wildman–Crippen MR) is 97.0 cm³/mol. The maximum Gasteiger partial charge on any atom is 0.150 e. The highest BCUT2D eigenvalue weighted by molar-refractivity contribution is 6.28. The van der Waals surface area contributed by atoms with Crippen molar-refractivity contribution in [2.24, 2.45) is 0 Å². The van der Waals surface area contributed by atoms with Crippen molar-refractivity contribution >= 4 is 17.9 Å². The highest BCUT2D eigenvalue weighted by Gasteiger charge is 2.34. The van der Waals surface area contributed by atoms with E-state index in [0.717, 1.165) is 28.7 Å². The molecule has 25 heavy (non-hydrogen) atoms. The van der Waals surface area contributed by atoms with Gasteiger partial charge in [0.25, 0.3) is 0 Å². The summed E-state index contributed by atoms with van der Waals surface area (Å²) >= 11 is 7.11. The lowest BCUT2D eigenvalue weighted by Gasteiger charge is -2.29. The summed E-state index contributed by atoms with van der Waals surface area (Å²) in [7, 11) is 1.60. The third-order valence-corrected chi connectivity index (χ3v) is 4.83. The molecule has 0 aliphatic rings. The summed E-state index contributed by atoms with van der Waals surface area (Å²) in [6.07, 6.45) is 0.783. The maximum atomic E-state index is 13.4. The molecule has 126 valence electrons. The second-order valence-electron chi connectivity index (χ2n) is 5.63. The Labute approximate surface area is 150 Å². The molecule has 0 heterocycles. The van der Waals surface area contributed by atoms with Crippen LogP contribution in [0.25, 0.3) is 0 Å². The Morgan fingerprint density at radius 2 is 1.28 bits per heavy atom. The molecule has 2 nitrogen and oxygen atoms in total. The van der Waals surface area contributed by atoms with Gasteiger partial charge in [-0.15, -0.1) is 11.6 Å². The quantitative estimate of drug-likeness (QED) is 0.358. The standard InChI is InChI=1S/C21H16ClFO2/c1-25-20-12-8-18(9-13-20)21(22,17-6-10-19(23)11-7-17)16-4-2-15(14-24)3-5-16/h2-14H,1H3. The van der Waals surface area contributed by atoms with Gasteiger partial charge in [0.15, 0.2) is 0 Å². The van der Waals surface area contributed by atoms with E-state index in [-0.39, 0.29) is 5.82 Å². The molecule has 3 aromatic carbocycles. The van der Waals surface area contributed by atoms with E-state index >= 15 is 0 Å². The van der Waals surface area contributed by atoms with Gasteiger partial charge in [-0.1, -0.05) is 48.5 Å². The zero-order chi connectivity index (χ0) is 17.9. The van der Waals surface area contributed by atoms with Gasteiger partial charge in [-0.25, -0.2) is 4.39 Å². The largest absolute Gasteiger partial charge is 0.497 e. The van der Waals surface area contributed by atoms with Crippen molar-refractivity contribution in [3.63, 3.8) is 0 Å². The minimum Gasteiger partial charge on any atom is -0.497 e. The van der Waals surface area contributed by atoms with Crippen LogP contribution >= 0.6 is 11.6 Å². The van der Waals surface area contributed by atoms with E-state index < -0.39 is 4.87 Å². The predicted octanol–water partition coefficient (Wildman–Crippen LogP) is 5.18. The van der Waals surface area contributed by atoms with Crippen molar-refractivity contribution in [3.8, 4) is 5.75 Å². The van der Waals surface area contributed by atoms with Crippen LogP contribution in [0.5, 0.6) is 5.75 Å². The summed E-state index contributed by atoms with van der Waals surface area (Å²) in [6, 6.07) is 20.6. The number of aldehydes is 1. The molecule has 0 N–H and O–H groups in total. The molecule has 0 spiro atoms. The average molecular weight is 355 g/mol. The smallest absolute Gasteiger partial charge is 0.150 e. The average Bonchev–Trinajstić information content (AvgIpc) is 2.68. The number of hydrogen-bond acceptors (Lipinski definition) is 2. The number of ether oxygens (including phenoxy) is 1. The molecule has 0 bridgehead atoms. The zero-order valence-electron chi connectivity index (χ0n) is 13.6. The van der Waals surface area contributed by atoms with Crippen LogP contribution < -0.4 is 4.74 Å². The normalized spacial score (nSPS) is 13.1. The topological polar surface area (TPSA) is 26.3 Å². The second kappa shape index (κ2) is 7.08. The summed E-state index contributed by atoms with van der Waals surface area (Å²) in [5.74, 6) is 0.395. The van der Waals surface area contributed by atoms with Gasteiger partial charge in [0, 0.05) is 5.56 Å². The van der Waals surface area contributed by atoms with E-state index in [4.69, 9.17) is 16.3 Å². The van der Waals surface area contributed by atoms with Crippen LogP contribution in [0.2, 0.25) is 0 Å². The first-order valence-electron chi connectivity index (χ1n) is 7.73. The molecule has 0 saturated carbocycles. The number of alkyl halides is 1. The zero-order valence-corrected chi connectivity index (χ0v) is 14.3. The molecular weight excluding hydrogens is 339 g/mol. The molecule has 0 radical (unpaired) electrons. The molecule has 0 amide bonds. The van der Waals surface area contributed by atoms with Crippen LogP contribution in [-0.2, 0) is 4.87 Å². The Morgan fingerprint density at radius 3 is 1.72 bits per heavy atom. The van der Waals surface area contributed by atoms with Crippen LogP contribution in [0.4, 0.5) is 4.39 Å². The molecule has 0 fully saturated rings. The second-order valence-corrected chi connectivity index (χ2v) is 6.20. The number of rotatable bonds is 5. The van der Waals surface area contributed by atoms with Crippen molar-refractivity contribution in [2.45, 2.75) is 4.87 Å². The highest BCUT2D eigenvalue weighted by Crippen LogP contribution is 2.43. The number of hydrogen-bond donors (Lipinski definition) is 0. The van der Waals surface area contributed by atoms with Gasteiger partial charge in [0.05, 0.1) is 7.11 Å². The first-order chi connectivity index (χ1) is 12.1. The van der Waals surface area contributed by atoms with E-state index in [9.17, 15) is 9.18 Å². The molecule has 4 heteroatoms. The van der Waals surface area contributed by atoms with Crippen molar-refractivity contribution in [1.29, 1.82) is 0 Å². The number of carbonyl (C=O) groups is 1. The van der Waals surface area contributed by atoms with Crippen LogP contribution in [0.3, 0.4) is 0 Å². The highest BCUT2D eigenvalue weighted by atomic mass is 35.5. The van der Waals surface area contributed by atoms with Crippen molar-refractivity contribution in [3.05, 3.63) is 101 Å². The van der Waals surface area contributed by atoms with Gasteiger partial charge < -0.3 is 4.74 Å². The molecule has 0 aliphatic carbocycles. The van der Waals surface area contributed by atoms with Crippen LogP contribution in [0, 0.1) is 5.82 Å². The van der Waals surface area contributed by atoms with Crippen LogP contribution in [0.15, 0.2) is 72.8 Å². The van der Waals surface area contributed by atoms with Crippen molar-refractivity contribution in [1.82, 2.24) is 0 Å². The minimum atomic E-state index is -1.01. The number of methoxy groups -OCH3 is 1. The first-order valence-corrected chi connectivity index (χ1v) is 8.11. The van der Waals surface area contributed by atoms with Gasteiger partial charge in [-0.2, -0.15) is 0 Å². The molecule has 0 saturated heterocycles. The Balaban J connectivity index is 2.18. The first kappa shape index (κ1) is 17.2. The third kappa shape index (κ3) is 3.28. The van der Waals surface area contributed by atoms with Gasteiger partial charge in [-0.3, -0.25) is 4.79 Å². The number of carbonyl (C=O) groups excluding carboxylic acids is 1. The monoisotopic (exact) mass is 354 g/mol. The number of benzene rings is 3. The summed E-state index contributed by atoms with van der Waals surface area (Å²) in [5.41, 5.74) is 2.91.